The topological polar surface area (TPSA) is 88.8 Å². The molecule has 0 aliphatic heterocycles. The molecule has 1 atom stereocenters. The molecular weight excluding hydrogens is 262 g/mol. The Hall–Kier alpha value is -1.82. The van der Waals surface area contributed by atoms with Gasteiger partial charge in [0.2, 0.25) is 0 Å². The third-order valence-corrected chi connectivity index (χ3v) is 2.65. The number of aliphatic carboxylic acids is 1. The lowest BCUT2D eigenvalue weighted by atomic mass is 10.1. The van der Waals surface area contributed by atoms with Gasteiger partial charge in [-0.05, 0) is 33.8 Å². The van der Waals surface area contributed by atoms with Gasteiger partial charge in [-0.25, -0.2) is 4.79 Å². The predicted molar refractivity (Wildman–Crippen MR) is 72.7 cm³/mol. The summed E-state index contributed by atoms with van der Waals surface area (Å²) in [6, 6.07) is 0.522. The van der Waals surface area contributed by atoms with Crippen LogP contribution in [0.5, 0.6) is 0 Å². The number of nitrogens with one attached hydrogen (secondary N) is 1. The van der Waals surface area contributed by atoms with Crippen LogP contribution < -0.4 is 5.32 Å². The molecule has 0 fully saturated rings. The van der Waals surface area contributed by atoms with Crippen molar-refractivity contribution in [3.05, 3.63) is 23.7 Å². The molecule has 1 rings (SSSR count). The molecule has 0 spiro atoms. The zero-order chi connectivity index (χ0) is 15.3. The molecule has 1 unspecified atom stereocenters. The molecule has 20 heavy (non-hydrogen) atoms. The second kappa shape index (κ2) is 6.56. The van der Waals surface area contributed by atoms with Crippen molar-refractivity contribution in [3.63, 3.8) is 0 Å². The van der Waals surface area contributed by atoms with E-state index < -0.39 is 17.9 Å². The Kier molecular flexibility index (Phi) is 5.33. The Morgan fingerprint density at radius 3 is 2.55 bits per heavy atom. The number of carboxylic acids is 1. The standard InChI is InChI=1S/C14H21NO5/c1-9-10(5-7-19-9)12(16)15-11(13(17)18)6-8-20-14(2,3)4/h5,7,11H,6,8H2,1-4H3,(H,15,16)(H,17,18). The van der Waals surface area contributed by atoms with E-state index in [1.54, 1.807) is 6.92 Å². The summed E-state index contributed by atoms with van der Waals surface area (Å²) in [5, 5.41) is 11.6. The van der Waals surface area contributed by atoms with Gasteiger partial charge in [-0.1, -0.05) is 0 Å². The van der Waals surface area contributed by atoms with Crippen LogP contribution in [0.25, 0.3) is 0 Å². The number of hydrogen-bond acceptors (Lipinski definition) is 4. The van der Waals surface area contributed by atoms with Gasteiger partial charge in [0.25, 0.3) is 5.91 Å². The number of carboxylic acid groups (broad SMARTS) is 1. The Morgan fingerprint density at radius 1 is 1.45 bits per heavy atom. The van der Waals surface area contributed by atoms with Gasteiger partial charge in [-0.3, -0.25) is 4.79 Å². The zero-order valence-corrected chi connectivity index (χ0v) is 12.2. The van der Waals surface area contributed by atoms with Crippen molar-refractivity contribution >= 4 is 11.9 Å². The van der Waals surface area contributed by atoms with Crippen molar-refractivity contribution in [1.82, 2.24) is 5.32 Å². The molecule has 0 aliphatic rings. The summed E-state index contributed by atoms with van der Waals surface area (Å²) in [6.45, 7) is 7.56. The van der Waals surface area contributed by atoms with Crippen molar-refractivity contribution in [2.24, 2.45) is 0 Å². The Morgan fingerprint density at radius 2 is 2.10 bits per heavy atom. The van der Waals surface area contributed by atoms with Crippen LogP contribution in [0.2, 0.25) is 0 Å². The SMILES string of the molecule is Cc1occc1C(=O)NC(CCOC(C)(C)C)C(=O)O. The molecule has 0 aliphatic carbocycles. The molecule has 0 radical (unpaired) electrons. The normalized spacial score (nSPS) is 13.0. The predicted octanol–water partition coefficient (Wildman–Crippen LogP) is 1.98. The first-order chi connectivity index (χ1) is 9.20. The summed E-state index contributed by atoms with van der Waals surface area (Å²) in [5.41, 5.74) is 0.00165. The lowest BCUT2D eigenvalue weighted by molar-refractivity contribution is -0.140. The maximum Gasteiger partial charge on any atom is 0.326 e. The average Bonchev–Trinajstić information content (AvgIpc) is 2.72. The molecule has 6 nitrogen and oxygen atoms in total. The van der Waals surface area contributed by atoms with E-state index >= 15 is 0 Å². The number of hydrogen-bond donors (Lipinski definition) is 2. The molecule has 2 N–H and O–H groups in total. The fourth-order valence-corrected chi connectivity index (χ4v) is 1.60. The number of rotatable bonds is 6. The fraction of sp³-hybridized carbons (Fsp3) is 0.571. The van der Waals surface area contributed by atoms with E-state index in [4.69, 9.17) is 14.3 Å². The molecule has 0 bridgehead atoms. The quantitative estimate of drug-likeness (QED) is 0.833. The summed E-state index contributed by atoms with van der Waals surface area (Å²) >= 11 is 0. The lowest BCUT2D eigenvalue weighted by Gasteiger charge is -2.21. The highest BCUT2D eigenvalue weighted by atomic mass is 16.5. The van der Waals surface area contributed by atoms with E-state index in [-0.39, 0.29) is 18.6 Å². The number of amides is 1. The summed E-state index contributed by atoms with van der Waals surface area (Å²) < 4.78 is 10.5. The van der Waals surface area contributed by atoms with E-state index in [9.17, 15) is 9.59 Å². The zero-order valence-electron chi connectivity index (χ0n) is 12.2. The van der Waals surface area contributed by atoms with Crippen LogP contribution in [0.1, 0.15) is 43.3 Å². The van der Waals surface area contributed by atoms with Crippen LogP contribution in [0, 0.1) is 6.92 Å². The molecular formula is C14H21NO5. The molecule has 1 heterocycles. The molecule has 0 aromatic carbocycles. The third-order valence-electron chi connectivity index (χ3n) is 2.65. The minimum absolute atomic E-state index is 0.204. The van der Waals surface area contributed by atoms with Gasteiger partial charge in [0.1, 0.15) is 11.8 Å². The maximum atomic E-state index is 11.9. The first kappa shape index (κ1) is 16.2. The van der Waals surface area contributed by atoms with Crippen molar-refractivity contribution in [1.29, 1.82) is 0 Å². The van der Waals surface area contributed by atoms with Gasteiger partial charge in [0.15, 0.2) is 0 Å². The highest BCUT2D eigenvalue weighted by Gasteiger charge is 2.23. The summed E-state index contributed by atoms with van der Waals surface area (Å²) in [5.74, 6) is -1.09. The highest BCUT2D eigenvalue weighted by molar-refractivity contribution is 5.97. The van der Waals surface area contributed by atoms with Crippen LogP contribution in [-0.2, 0) is 9.53 Å². The molecule has 1 aromatic rings. The maximum absolute atomic E-state index is 11.9. The molecule has 1 aromatic heterocycles. The molecule has 0 saturated heterocycles. The monoisotopic (exact) mass is 283 g/mol. The summed E-state index contributed by atoms with van der Waals surface area (Å²) in [7, 11) is 0. The first-order valence-electron chi connectivity index (χ1n) is 6.42. The van der Waals surface area contributed by atoms with Gasteiger partial charge in [0.05, 0.1) is 17.4 Å². The molecule has 1 amide bonds. The van der Waals surface area contributed by atoms with Crippen molar-refractivity contribution in [3.8, 4) is 0 Å². The van der Waals surface area contributed by atoms with Crippen LogP contribution in [-0.4, -0.2) is 35.2 Å². The van der Waals surface area contributed by atoms with Crippen LogP contribution in [0.3, 0.4) is 0 Å². The fourth-order valence-electron chi connectivity index (χ4n) is 1.60. The average molecular weight is 283 g/mol. The Balaban J connectivity index is 2.58. The summed E-state index contributed by atoms with van der Waals surface area (Å²) in [6.07, 6.45) is 1.60. The first-order valence-corrected chi connectivity index (χ1v) is 6.42. The van der Waals surface area contributed by atoms with Gasteiger partial charge in [-0.15, -0.1) is 0 Å². The van der Waals surface area contributed by atoms with Crippen LogP contribution in [0.15, 0.2) is 16.7 Å². The van der Waals surface area contributed by atoms with Gasteiger partial charge >= 0.3 is 5.97 Å². The van der Waals surface area contributed by atoms with Crippen LogP contribution in [0.4, 0.5) is 0 Å². The van der Waals surface area contributed by atoms with E-state index in [0.717, 1.165) is 0 Å². The largest absolute Gasteiger partial charge is 0.480 e. The van der Waals surface area contributed by atoms with Crippen LogP contribution >= 0.6 is 0 Å². The van der Waals surface area contributed by atoms with E-state index in [1.165, 1.54) is 12.3 Å². The second-order valence-corrected chi connectivity index (χ2v) is 5.50. The lowest BCUT2D eigenvalue weighted by Crippen LogP contribution is -2.42. The Bertz CT molecular complexity index is 472. The highest BCUT2D eigenvalue weighted by Crippen LogP contribution is 2.10. The number of carbonyl (C=O) groups is 2. The molecule has 0 saturated carbocycles. The number of ether oxygens (including phenoxy) is 1. The minimum Gasteiger partial charge on any atom is -0.480 e. The van der Waals surface area contributed by atoms with Crippen molar-refractivity contribution in [2.75, 3.05) is 6.61 Å². The van der Waals surface area contributed by atoms with Crippen molar-refractivity contribution in [2.45, 2.75) is 45.8 Å². The number of carbonyl (C=O) groups excluding carboxylic acids is 1. The van der Waals surface area contributed by atoms with Gasteiger partial charge < -0.3 is 19.6 Å². The van der Waals surface area contributed by atoms with Gasteiger partial charge in [-0.2, -0.15) is 0 Å². The van der Waals surface area contributed by atoms with E-state index in [1.807, 2.05) is 20.8 Å². The molecule has 112 valence electrons. The van der Waals surface area contributed by atoms with Gasteiger partial charge in [0, 0.05) is 13.0 Å². The Labute approximate surface area is 118 Å². The summed E-state index contributed by atoms with van der Waals surface area (Å²) in [4.78, 5) is 23.1. The number of furan rings is 1. The minimum atomic E-state index is -1.09. The van der Waals surface area contributed by atoms with E-state index in [0.29, 0.717) is 11.3 Å². The second-order valence-electron chi connectivity index (χ2n) is 5.50. The molecule has 6 heteroatoms. The van der Waals surface area contributed by atoms with Crippen molar-refractivity contribution < 1.29 is 23.8 Å². The smallest absolute Gasteiger partial charge is 0.326 e. The third kappa shape index (κ3) is 5.05. The van der Waals surface area contributed by atoms with E-state index in [2.05, 4.69) is 5.32 Å². The number of aryl methyl sites for hydroxylation is 1.